The first-order chi connectivity index (χ1) is 16.8. The number of aromatic nitrogens is 2. The molecule has 0 saturated heterocycles. The average molecular weight is 500 g/mol. The number of allylic oxidation sites excluding steroid dienone is 2. The molecule has 0 aliphatic heterocycles. The summed E-state index contributed by atoms with van der Waals surface area (Å²) in [7, 11) is 0. The molecule has 4 aromatic rings. The van der Waals surface area contributed by atoms with Gasteiger partial charge >= 0.3 is 6.18 Å². The van der Waals surface area contributed by atoms with Crippen LogP contribution in [0.5, 0.6) is 0 Å². The smallest absolute Gasteiger partial charge is 0.346 e. The number of carbonyl (C=O) groups is 1. The second kappa shape index (κ2) is 9.30. The molecule has 1 aliphatic rings. The predicted octanol–water partition coefficient (Wildman–Crippen LogP) is 7.11. The van der Waals surface area contributed by atoms with Crippen molar-refractivity contribution in [3.63, 3.8) is 0 Å². The third-order valence-electron chi connectivity index (χ3n) is 6.00. The van der Waals surface area contributed by atoms with Gasteiger partial charge in [-0.05, 0) is 72.0 Å². The summed E-state index contributed by atoms with van der Waals surface area (Å²) in [6.07, 6.45) is 1.99. The molecule has 0 unspecified atom stereocenters. The molecular formula is C26H21F4N3OS. The van der Waals surface area contributed by atoms with E-state index in [9.17, 15) is 22.4 Å². The molecule has 0 radical (unpaired) electrons. The second-order valence-electron chi connectivity index (χ2n) is 8.39. The Kier molecular flexibility index (Phi) is 6.19. The van der Waals surface area contributed by atoms with Crippen molar-refractivity contribution in [2.75, 3.05) is 0 Å². The van der Waals surface area contributed by atoms with Gasteiger partial charge in [0.1, 0.15) is 5.82 Å². The summed E-state index contributed by atoms with van der Waals surface area (Å²) in [5.41, 5.74) is 0.260. The van der Waals surface area contributed by atoms with Gasteiger partial charge in [0, 0.05) is 11.1 Å². The summed E-state index contributed by atoms with van der Waals surface area (Å²) in [5, 5.41) is 4.67. The van der Waals surface area contributed by atoms with Crippen LogP contribution < -0.4 is 5.32 Å². The zero-order valence-electron chi connectivity index (χ0n) is 18.5. The summed E-state index contributed by atoms with van der Waals surface area (Å²) in [5.74, 6) is -1.09. The second-order valence-corrected chi connectivity index (χ2v) is 9.42. The van der Waals surface area contributed by atoms with Crippen molar-refractivity contribution in [3.8, 4) is 11.1 Å². The Labute approximate surface area is 202 Å². The molecule has 1 amide bonds. The molecule has 0 fully saturated rings. The lowest BCUT2D eigenvalue weighted by atomic mass is 9.95. The highest BCUT2D eigenvalue weighted by Gasteiger charge is 2.36. The van der Waals surface area contributed by atoms with Gasteiger partial charge in [0.15, 0.2) is 11.3 Å². The number of halogens is 4. The molecule has 0 bridgehead atoms. The molecule has 3 aromatic heterocycles. The largest absolute Gasteiger partial charge is 0.420 e. The number of carbonyl (C=O) groups excluding carboxylic acids is 1. The van der Waals surface area contributed by atoms with E-state index in [2.05, 4.69) is 10.3 Å². The normalized spacial score (nSPS) is 14.2. The molecule has 5 rings (SSSR count). The van der Waals surface area contributed by atoms with Gasteiger partial charge in [0.05, 0.1) is 17.8 Å². The van der Waals surface area contributed by atoms with Crippen LogP contribution >= 0.6 is 11.3 Å². The average Bonchev–Trinajstić information content (AvgIpc) is 3.49. The van der Waals surface area contributed by atoms with Crippen LogP contribution in [0.4, 0.5) is 17.6 Å². The zero-order chi connectivity index (χ0) is 24.6. The van der Waals surface area contributed by atoms with Crippen LogP contribution in [0.3, 0.4) is 0 Å². The van der Waals surface area contributed by atoms with Gasteiger partial charge < -0.3 is 5.32 Å². The van der Waals surface area contributed by atoms with Crippen LogP contribution in [-0.4, -0.2) is 15.3 Å². The maximum atomic E-state index is 14.2. The lowest BCUT2D eigenvalue weighted by molar-refractivity contribution is -0.136. The third kappa shape index (κ3) is 4.73. The van der Waals surface area contributed by atoms with Gasteiger partial charge in [0.2, 0.25) is 0 Å². The number of thiophene rings is 1. The summed E-state index contributed by atoms with van der Waals surface area (Å²) < 4.78 is 57.7. The number of imidazole rings is 1. The number of alkyl halides is 3. The van der Waals surface area contributed by atoms with Gasteiger partial charge in [-0.3, -0.25) is 9.20 Å². The molecule has 3 heterocycles. The molecule has 0 atom stereocenters. The molecule has 35 heavy (non-hydrogen) atoms. The van der Waals surface area contributed by atoms with E-state index < -0.39 is 23.5 Å². The molecule has 180 valence electrons. The van der Waals surface area contributed by atoms with Crippen molar-refractivity contribution in [2.24, 2.45) is 0 Å². The highest BCUT2D eigenvalue weighted by Crippen LogP contribution is 2.38. The molecule has 0 saturated carbocycles. The van der Waals surface area contributed by atoms with Crippen molar-refractivity contribution >= 4 is 28.5 Å². The van der Waals surface area contributed by atoms with E-state index in [0.29, 0.717) is 17.7 Å². The van der Waals surface area contributed by atoms with E-state index >= 15 is 0 Å². The Bertz CT molecular complexity index is 1420. The van der Waals surface area contributed by atoms with E-state index in [0.717, 1.165) is 35.8 Å². The molecule has 1 N–H and O–H groups in total. The van der Waals surface area contributed by atoms with Crippen molar-refractivity contribution in [1.82, 2.24) is 14.7 Å². The molecule has 1 aromatic carbocycles. The lowest BCUT2D eigenvalue weighted by Crippen LogP contribution is -2.24. The predicted molar refractivity (Wildman–Crippen MR) is 128 cm³/mol. The minimum absolute atomic E-state index is 0.0448. The summed E-state index contributed by atoms with van der Waals surface area (Å²) in [6, 6.07) is 10.1. The Balaban J connectivity index is 1.72. The maximum Gasteiger partial charge on any atom is 0.420 e. The number of amides is 1. The number of rotatable bonds is 5. The Morgan fingerprint density at radius 3 is 2.66 bits per heavy atom. The van der Waals surface area contributed by atoms with Crippen molar-refractivity contribution < 1.29 is 22.4 Å². The topological polar surface area (TPSA) is 46.4 Å². The van der Waals surface area contributed by atoms with Crippen molar-refractivity contribution in [2.45, 2.75) is 38.4 Å². The molecule has 4 nitrogen and oxygen atoms in total. The van der Waals surface area contributed by atoms with Crippen molar-refractivity contribution in [1.29, 1.82) is 0 Å². The number of pyridine rings is 1. The number of hydrogen-bond acceptors (Lipinski definition) is 3. The van der Waals surface area contributed by atoms with E-state index in [1.807, 2.05) is 23.6 Å². The lowest BCUT2D eigenvalue weighted by Gasteiger charge is -2.16. The van der Waals surface area contributed by atoms with E-state index in [4.69, 9.17) is 0 Å². The van der Waals surface area contributed by atoms with Crippen molar-refractivity contribution in [3.05, 3.63) is 87.8 Å². The van der Waals surface area contributed by atoms with Crippen LogP contribution in [0, 0.1) is 5.82 Å². The molecule has 1 aliphatic carbocycles. The van der Waals surface area contributed by atoms with Gasteiger partial charge in [-0.25, -0.2) is 9.37 Å². The number of benzene rings is 1. The number of nitrogens with one attached hydrogen (secondary N) is 1. The van der Waals surface area contributed by atoms with Crippen LogP contribution in [-0.2, 0) is 12.7 Å². The summed E-state index contributed by atoms with van der Waals surface area (Å²) >= 11 is 1.47. The van der Waals surface area contributed by atoms with Gasteiger partial charge in [-0.2, -0.15) is 13.2 Å². The highest BCUT2D eigenvalue weighted by molar-refractivity contribution is 7.09. The quantitative estimate of drug-likeness (QED) is 0.298. The van der Waals surface area contributed by atoms with E-state index in [1.54, 1.807) is 6.07 Å². The minimum atomic E-state index is -4.72. The first-order valence-corrected chi connectivity index (χ1v) is 12.1. The fourth-order valence-electron chi connectivity index (χ4n) is 4.36. The fourth-order valence-corrected chi connectivity index (χ4v) is 5.01. The first kappa shape index (κ1) is 23.3. The number of fused-ring (bicyclic) bond motifs is 1. The molecule has 0 spiro atoms. The Morgan fingerprint density at radius 1 is 1.11 bits per heavy atom. The van der Waals surface area contributed by atoms with Gasteiger partial charge in [0.25, 0.3) is 5.91 Å². The van der Waals surface area contributed by atoms with Gasteiger partial charge in [-0.15, -0.1) is 11.3 Å². The van der Waals surface area contributed by atoms with Gasteiger partial charge in [-0.1, -0.05) is 24.3 Å². The summed E-state index contributed by atoms with van der Waals surface area (Å²) in [6.45, 7) is 0.254. The zero-order valence-corrected chi connectivity index (χ0v) is 19.3. The highest BCUT2D eigenvalue weighted by atomic mass is 32.1. The Morgan fingerprint density at radius 2 is 1.97 bits per heavy atom. The molecule has 9 heteroatoms. The summed E-state index contributed by atoms with van der Waals surface area (Å²) in [4.78, 5) is 18.3. The van der Waals surface area contributed by atoms with E-state index in [-0.39, 0.29) is 23.4 Å². The third-order valence-corrected chi connectivity index (χ3v) is 6.87. The monoisotopic (exact) mass is 499 g/mol. The Hall–Kier alpha value is -3.46. The van der Waals surface area contributed by atoms with Crippen LogP contribution in [0.2, 0.25) is 0 Å². The fraction of sp³-hybridized carbons (Fsp3) is 0.231. The standard InChI is InChI=1S/C26H21F4N3OS/c27-19-9-4-8-17(12-19)18-13-21(26(28,29)30)24-32-22(25(34)31-14-20-10-5-11-35-20)23(33(24)15-18)16-6-2-1-3-7-16/h4-6,8-13,15H,1-3,7,14H2,(H,31,34). The van der Waals surface area contributed by atoms with Crippen LogP contribution in [0.1, 0.15) is 52.3 Å². The van der Waals surface area contributed by atoms with Crippen LogP contribution in [0.25, 0.3) is 22.3 Å². The minimum Gasteiger partial charge on any atom is -0.346 e. The SMILES string of the molecule is O=C(NCc1cccs1)c1nc2c(C(F)(F)F)cc(-c3cccc(F)c3)cn2c1C1=CCCCC1. The van der Waals surface area contributed by atoms with E-state index in [1.165, 1.54) is 40.1 Å². The van der Waals surface area contributed by atoms with Crippen LogP contribution in [0.15, 0.2) is 60.1 Å². The first-order valence-electron chi connectivity index (χ1n) is 11.2. The number of hydrogen-bond donors (Lipinski definition) is 1. The molecular weight excluding hydrogens is 478 g/mol. The number of nitrogens with zero attached hydrogens (tertiary/aromatic N) is 2. The maximum absolute atomic E-state index is 14.2.